The van der Waals surface area contributed by atoms with Crippen LogP contribution in [0.15, 0.2) is 66.2 Å². The van der Waals surface area contributed by atoms with E-state index in [-0.39, 0.29) is 5.57 Å². The third-order valence-corrected chi connectivity index (χ3v) is 6.29. The Labute approximate surface area is 209 Å². The van der Waals surface area contributed by atoms with Crippen molar-refractivity contribution in [2.24, 2.45) is 0 Å². The van der Waals surface area contributed by atoms with Crippen molar-refractivity contribution in [3.05, 3.63) is 95.6 Å². The van der Waals surface area contributed by atoms with Crippen LogP contribution in [0.4, 0.5) is 5.69 Å². The van der Waals surface area contributed by atoms with Crippen molar-refractivity contribution in [1.82, 2.24) is 0 Å². The first-order valence-electron chi connectivity index (χ1n) is 9.53. The van der Waals surface area contributed by atoms with E-state index >= 15 is 0 Å². The minimum absolute atomic E-state index is 0.0442. The van der Waals surface area contributed by atoms with Gasteiger partial charge in [-0.2, -0.15) is 5.26 Å². The Morgan fingerprint density at radius 1 is 1.03 bits per heavy atom. The maximum Gasteiger partial charge on any atom is 0.266 e. The highest BCUT2D eigenvalue weighted by molar-refractivity contribution is 14.1. The standard InChI is InChI=1S/C25H20I2N2O2/c1-16-8-9-21(10-17(16)2)29-25(30)20(14-28)11-19-12-22(26)24(23(27)13-19)31-15-18-6-4-3-5-7-18/h3-13H,15H2,1-2H3,(H,29,30)/b20-11+. The number of halogens is 2. The molecule has 0 aliphatic rings. The molecule has 0 aromatic heterocycles. The first-order valence-corrected chi connectivity index (χ1v) is 11.7. The highest BCUT2D eigenvalue weighted by Crippen LogP contribution is 2.30. The Morgan fingerprint density at radius 3 is 2.32 bits per heavy atom. The van der Waals surface area contributed by atoms with E-state index in [0.29, 0.717) is 12.3 Å². The molecule has 31 heavy (non-hydrogen) atoms. The molecule has 3 aromatic carbocycles. The van der Waals surface area contributed by atoms with Crippen LogP contribution in [0.2, 0.25) is 0 Å². The molecule has 1 amide bonds. The molecule has 0 spiro atoms. The van der Waals surface area contributed by atoms with E-state index < -0.39 is 5.91 Å². The molecule has 4 nitrogen and oxygen atoms in total. The molecule has 3 aromatic rings. The van der Waals surface area contributed by atoms with Gasteiger partial charge in [0.15, 0.2) is 0 Å². The summed E-state index contributed by atoms with van der Waals surface area (Å²) in [4.78, 5) is 12.6. The zero-order valence-electron chi connectivity index (χ0n) is 17.1. The van der Waals surface area contributed by atoms with Gasteiger partial charge in [-0.3, -0.25) is 4.79 Å². The minimum Gasteiger partial charge on any atom is -0.487 e. The van der Waals surface area contributed by atoms with Crippen LogP contribution in [0.1, 0.15) is 22.3 Å². The summed E-state index contributed by atoms with van der Waals surface area (Å²) in [5, 5.41) is 12.3. The molecule has 0 radical (unpaired) electrons. The third-order valence-electron chi connectivity index (χ3n) is 4.69. The number of nitrogens with one attached hydrogen (secondary N) is 1. The summed E-state index contributed by atoms with van der Waals surface area (Å²) >= 11 is 4.43. The number of ether oxygens (including phenoxy) is 1. The van der Waals surface area contributed by atoms with Gasteiger partial charge in [-0.25, -0.2) is 0 Å². The second-order valence-electron chi connectivity index (χ2n) is 7.01. The van der Waals surface area contributed by atoms with Gasteiger partial charge in [0.2, 0.25) is 0 Å². The lowest BCUT2D eigenvalue weighted by atomic mass is 10.1. The first kappa shape index (κ1) is 23.3. The predicted octanol–water partition coefficient (Wildman–Crippen LogP) is 6.64. The molecular formula is C25H20I2N2O2. The predicted molar refractivity (Wildman–Crippen MR) is 141 cm³/mol. The Bertz CT molecular complexity index is 1160. The third kappa shape index (κ3) is 6.31. The van der Waals surface area contributed by atoms with Crippen molar-refractivity contribution in [2.45, 2.75) is 20.5 Å². The maximum absolute atomic E-state index is 12.6. The van der Waals surface area contributed by atoms with Crippen molar-refractivity contribution in [1.29, 1.82) is 5.26 Å². The van der Waals surface area contributed by atoms with Crippen LogP contribution < -0.4 is 10.1 Å². The van der Waals surface area contributed by atoms with Gasteiger partial charge >= 0.3 is 0 Å². The van der Waals surface area contributed by atoms with E-state index in [1.807, 2.05) is 80.6 Å². The first-order chi connectivity index (χ1) is 14.9. The molecule has 0 saturated carbocycles. The molecule has 0 heterocycles. The number of nitrogens with zero attached hydrogens (tertiary/aromatic N) is 1. The number of nitriles is 1. The average Bonchev–Trinajstić information content (AvgIpc) is 2.74. The number of anilines is 1. The summed E-state index contributed by atoms with van der Waals surface area (Å²) < 4.78 is 7.84. The van der Waals surface area contributed by atoms with Crippen molar-refractivity contribution >= 4 is 62.9 Å². The summed E-state index contributed by atoms with van der Waals surface area (Å²) in [6.07, 6.45) is 1.60. The highest BCUT2D eigenvalue weighted by atomic mass is 127. The van der Waals surface area contributed by atoms with Crippen molar-refractivity contribution < 1.29 is 9.53 Å². The van der Waals surface area contributed by atoms with Crippen LogP contribution in [0.25, 0.3) is 6.08 Å². The topological polar surface area (TPSA) is 62.1 Å². The van der Waals surface area contributed by atoms with E-state index in [4.69, 9.17) is 4.74 Å². The van der Waals surface area contributed by atoms with Gasteiger partial charge in [0.1, 0.15) is 24.0 Å². The summed E-state index contributed by atoms with van der Waals surface area (Å²) in [5.41, 5.74) is 4.80. The van der Waals surface area contributed by atoms with Gasteiger partial charge in [0, 0.05) is 5.69 Å². The van der Waals surface area contributed by atoms with Gasteiger partial charge in [-0.05, 0) is 112 Å². The number of amides is 1. The zero-order valence-corrected chi connectivity index (χ0v) is 21.4. The fourth-order valence-electron chi connectivity index (χ4n) is 2.86. The Balaban J connectivity index is 1.77. The molecule has 0 aliphatic carbocycles. The molecule has 3 rings (SSSR count). The fourth-order valence-corrected chi connectivity index (χ4v) is 4.99. The molecule has 0 bridgehead atoms. The number of rotatable bonds is 6. The van der Waals surface area contributed by atoms with Crippen LogP contribution in [0, 0.1) is 32.3 Å². The number of benzene rings is 3. The molecule has 6 heteroatoms. The van der Waals surface area contributed by atoms with Crippen LogP contribution >= 0.6 is 45.2 Å². The van der Waals surface area contributed by atoms with E-state index in [9.17, 15) is 10.1 Å². The Kier molecular flexibility index (Phi) is 8.09. The van der Waals surface area contributed by atoms with E-state index in [2.05, 4.69) is 50.5 Å². The summed E-state index contributed by atoms with van der Waals surface area (Å²) in [5.74, 6) is 0.362. The number of carbonyl (C=O) groups excluding carboxylic acids is 1. The molecule has 0 saturated heterocycles. The average molecular weight is 634 g/mol. The summed E-state index contributed by atoms with van der Waals surface area (Å²) in [6, 6.07) is 21.5. The van der Waals surface area contributed by atoms with E-state index in [0.717, 1.165) is 35.1 Å². The van der Waals surface area contributed by atoms with Gasteiger partial charge in [0.05, 0.1) is 7.14 Å². The van der Waals surface area contributed by atoms with Crippen molar-refractivity contribution in [2.75, 3.05) is 5.32 Å². The maximum atomic E-state index is 12.6. The molecule has 156 valence electrons. The second-order valence-corrected chi connectivity index (χ2v) is 9.34. The van der Waals surface area contributed by atoms with Crippen molar-refractivity contribution in [3.8, 4) is 11.8 Å². The quantitative estimate of drug-likeness (QED) is 0.188. The summed E-state index contributed by atoms with van der Waals surface area (Å²) in [7, 11) is 0. The number of aryl methyl sites for hydroxylation is 2. The van der Waals surface area contributed by atoms with Gasteiger partial charge in [-0.1, -0.05) is 36.4 Å². The minimum atomic E-state index is -0.430. The lowest BCUT2D eigenvalue weighted by molar-refractivity contribution is -0.112. The van der Waals surface area contributed by atoms with E-state index in [1.54, 1.807) is 6.08 Å². The Hall–Kier alpha value is -2.38. The zero-order chi connectivity index (χ0) is 22.4. The van der Waals surface area contributed by atoms with Crippen LogP contribution in [0.5, 0.6) is 5.75 Å². The van der Waals surface area contributed by atoms with Gasteiger partial charge in [-0.15, -0.1) is 0 Å². The normalized spacial score (nSPS) is 11.0. The summed E-state index contributed by atoms with van der Waals surface area (Å²) in [6.45, 7) is 4.47. The SMILES string of the molecule is Cc1ccc(NC(=O)/C(C#N)=C/c2cc(I)c(OCc3ccccc3)c(I)c2)cc1C. The monoisotopic (exact) mass is 634 g/mol. The smallest absolute Gasteiger partial charge is 0.266 e. The molecule has 0 atom stereocenters. The molecular weight excluding hydrogens is 614 g/mol. The fraction of sp³-hybridized carbons (Fsp3) is 0.120. The second kappa shape index (κ2) is 10.8. The lowest BCUT2D eigenvalue weighted by Crippen LogP contribution is -2.13. The molecule has 0 aliphatic heterocycles. The largest absolute Gasteiger partial charge is 0.487 e. The van der Waals surface area contributed by atoms with Crippen molar-refractivity contribution in [3.63, 3.8) is 0 Å². The van der Waals surface area contributed by atoms with Crippen LogP contribution in [-0.4, -0.2) is 5.91 Å². The number of carbonyl (C=O) groups is 1. The van der Waals surface area contributed by atoms with Crippen LogP contribution in [0.3, 0.4) is 0 Å². The van der Waals surface area contributed by atoms with Gasteiger partial charge in [0.25, 0.3) is 5.91 Å². The molecule has 1 N–H and O–H groups in total. The van der Waals surface area contributed by atoms with Crippen LogP contribution in [-0.2, 0) is 11.4 Å². The number of hydrogen-bond acceptors (Lipinski definition) is 3. The Morgan fingerprint density at radius 2 is 1.71 bits per heavy atom. The number of hydrogen-bond donors (Lipinski definition) is 1. The molecule has 0 unspecified atom stereocenters. The van der Waals surface area contributed by atoms with Gasteiger partial charge < -0.3 is 10.1 Å². The highest BCUT2D eigenvalue weighted by Gasteiger charge is 2.13. The lowest BCUT2D eigenvalue weighted by Gasteiger charge is -2.12. The van der Waals surface area contributed by atoms with E-state index in [1.165, 1.54) is 0 Å². The molecule has 0 fully saturated rings.